The number of Topliss-reactive ketones (excluding diaryl/α,β-unsaturated/α-hetero) is 1. The van der Waals surface area contributed by atoms with Gasteiger partial charge in [-0.3, -0.25) is 23.5 Å². The van der Waals surface area contributed by atoms with Gasteiger partial charge in [-0.2, -0.15) is 0 Å². The second kappa shape index (κ2) is 51.9. The molecule has 0 aromatic heterocycles. The minimum atomic E-state index is -5.34. The number of aliphatic hydroxyl groups is 1. The van der Waals surface area contributed by atoms with Gasteiger partial charge in [-0.1, -0.05) is 240 Å². The molecule has 18 nitrogen and oxygen atoms in total. The largest absolute Gasteiger partial charge is 0.472 e. The standard InChI is InChI=1S/C66H126N2O16P2/c1-7-12-16-20-23-26-27-28-29-30-31-33-35-39-43-47-57(70)67-60-64(79-50-48-53(6)45-41-37-19-15-10-4)62(83-85(73)74)55(11-5)81-65(60)80-52-56-61(72)63(78-49-44-40-36-25-22-18-14-9-3)59(66(82-56)84-86(75,76)77)68-58(71)51-54(69)46-42-38-34-32-24-21-17-13-8-2/h26-27,53,55-56,59-66,72,85H,7-25,28-52H2,1-6H3,(H,67,70)(H,68,71)(H,73,74)(H2,75,76,77)/b27-26-/t53-,55-,56-,59-,60-,61-,62-,63-,64-,65-,66-/m1/s1. The van der Waals surface area contributed by atoms with Crippen LogP contribution in [0.25, 0.3) is 0 Å². The minimum absolute atomic E-state index is 0.123. The van der Waals surface area contributed by atoms with Crippen LogP contribution < -0.4 is 10.6 Å². The van der Waals surface area contributed by atoms with Crippen molar-refractivity contribution in [3.63, 3.8) is 0 Å². The highest BCUT2D eigenvalue weighted by Gasteiger charge is 2.52. The maximum Gasteiger partial charge on any atom is 0.472 e. The van der Waals surface area contributed by atoms with Crippen LogP contribution in [0, 0.1) is 5.92 Å². The summed E-state index contributed by atoms with van der Waals surface area (Å²) in [6.45, 7) is 12.6. The van der Waals surface area contributed by atoms with Crippen LogP contribution in [0.2, 0.25) is 0 Å². The number of unbranched alkanes of at least 4 members (excludes halogenated alkanes) is 30. The molecule has 2 heterocycles. The van der Waals surface area contributed by atoms with Crippen LogP contribution in [-0.2, 0) is 56.2 Å². The topological polar surface area (TPSA) is 255 Å². The molecule has 0 saturated carbocycles. The van der Waals surface area contributed by atoms with Crippen molar-refractivity contribution >= 4 is 33.7 Å². The number of allylic oxidation sites excluding steroid dienone is 2. The van der Waals surface area contributed by atoms with E-state index in [1.54, 1.807) is 0 Å². The number of rotatable bonds is 57. The number of amides is 2. The number of ketones is 1. The first-order valence-electron chi connectivity index (χ1n) is 34.8. The van der Waals surface area contributed by atoms with Gasteiger partial charge in [-0.15, -0.1) is 0 Å². The fourth-order valence-corrected chi connectivity index (χ4v) is 12.6. The van der Waals surface area contributed by atoms with E-state index in [-0.39, 0.29) is 37.7 Å². The average Bonchev–Trinajstić information content (AvgIpc) is 1.69. The second-order valence-corrected chi connectivity index (χ2v) is 26.8. The van der Waals surface area contributed by atoms with Gasteiger partial charge in [0.15, 0.2) is 12.6 Å². The van der Waals surface area contributed by atoms with Crippen molar-refractivity contribution in [2.45, 2.75) is 366 Å². The zero-order valence-electron chi connectivity index (χ0n) is 54.8. The minimum Gasteiger partial charge on any atom is -0.388 e. The van der Waals surface area contributed by atoms with Gasteiger partial charge in [0.2, 0.25) is 11.8 Å². The molecule has 1 unspecified atom stereocenters. The molecule has 20 heteroatoms. The molecule has 2 aliphatic rings. The Morgan fingerprint density at radius 3 is 1.52 bits per heavy atom. The van der Waals surface area contributed by atoms with Crippen molar-refractivity contribution in [3.05, 3.63) is 12.2 Å². The molecule has 0 spiro atoms. The summed E-state index contributed by atoms with van der Waals surface area (Å²) < 4.78 is 68.3. The van der Waals surface area contributed by atoms with Gasteiger partial charge in [0.25, 0.3) is 0 Å². The van der Waals surface area contributed by atoms with Crippen molar-refractivity contribution in [2.24, 2.45) is 5.92 Å². The van der Waals surface area contributed by atoms with Crippen LogP contribution in [0.5, 0.6) is 0 Å². The molecule has 6 N–H and O–H groups in total. The highest BCUT2D eigenvalue weighted by Crippen LogP contribution is 2.42. The van der Waals surface area contributed by atoms with E-state index in [9.17, 15) is 43.3 Å². The Labute approximate surface area is 522 Å². The normalized spacial score (nSPS) is 23.4. The number of hydrogen-bond acceptors (Lipinski definition) is 13. The number of carbonyl (C=O) groups is 3. The van der Waals surface area contributed by atoms with Crippen molar-refractivity contribution < 1.29 is 76.0 Å². The van der Waals surface area contributed by atoms with Crippen molar-refractivity contribution in [1.82, 2.24) is 10.6 Å². The Morgan fingerprint density at radius 2 is 0.988 bits per heavy atom. The first-order valence-corrected chi connectivity index (χ1v) is 37.6. The molecule has 2 fully saturated rings. The summed E-state index contributed by atoms with van der Waals surface area (Å²) in [5.41, 5.74) is 0. The highest BCUT2D eigenvalue weighted by atomic mass is 31.2. The SMILES string of the molecule is CCCCCC/C=C\CCCCCCCCCC(=O)N[C@H]1[C@H](OC[C@H]2O[C@H](OP(=O)(O)O)[C@H](NC(=O)CC(=O)CCCCCCCCCCC)[C@@H](OCCCCCCCCCC)[C@@H]2O)O[C@H](CC)[C@@H](O[PH](=O)O)[C@@H]1OCC[C@H](C)CCCCCCC. The molecule has 2 saturated heterocycles. The van der Waals surface area contributed by atoms with Gasteiger partial charge in [0.05, 0.1) is 19.1 Å². The molecule has 0 bridgehead atoms. The molecule has 86 heavy (non-hydrogen) atoms. The molecule has 0 radical (unpaired) electrons. The number of phosphoric ester groups is 1. The lowest BCUT2D eigenvalue weighted by Crippen LogP contribution is -2.67. The van der Waals surface area contributed by atoms with Crippen molar-refractivity contribution in [3.8, 4) is 0 Å². The smallest absolute Gasteiger partial charge is 0.388 e. The Morgan fingerprint density at radius 1 is 0.535 bits per heavy atom. The molecule has 12 atom stereocenters. The van der Waals surface area contributed by atoms with Gasteiger partial charge < -0.3 is 58.6 Å². The Kier molecular flexibility index (Phi) is 48.6. The van der Waals surface area contributed by atoms with E-state index in [0.29, 0.717) is 38.0 Å². The second-order valence-electron chi connectivity index (χ2n) is 24.8. The summed E-state index contributed by atoms with van der Waals surface area (Å²) in [7, 11) is -8.88. The monoisotopic (exact) mass is 1260 g/mol. The summed E-state index contributed by atoms with van der Waals surface area (Å²) in [6.07, 6.45) is 33.8. The third-order valence-electron chi connectivity index (χ3n) is 16.9. The van der Waals surface area contributed by atoms with E-state index in [2.05, 4.69) is 57.4 Å². The van der Waals surface area contributed by atoms with E-state index in [1.165, 1.54) is 77.0 Å². The highest BCUT2D eigenvalue weighted by molar-refractivity contribution is 7.46. The van der Waals surface area contributed by atoms with Crippen molar-refractivity contribution in [2.75, 3.05) is 19.8 Å². The molecular formula is C66H126N2O16P2. The van der Waals surface area contributed by atoms with Crippen LogP contribution in [-0.4, -0.2) is 118 Å². The first-order chi connectivity index (χ1) is 41.6. The predicted molar refractivity (Wildman–Crippen MR) is 343 cm³/mol. The van der Waals surface area contributed by atoms with Crippen LogP contribution in [0.15, 0.2) is 12.2 Å². The predicted octanol–water partition coefficient (Wildman–Crippen LogP) is 15.3. The lowest BCUT2D eigenvalue weighted by atomic mass is 9.94. The van der Waals surface area contributed by atoms with Crippen LogP contribution in [0.4, 0.5) is 0 Å². The quantitative estimate of drug-likeness (QED) is 0.0143. The van der Waals surface area contributed by atoms with Gasteiger partial charge in [0.1, 0.15) is 48.4 Å². The van der Waals surface area contributed by atoms with Gasteiger partial charge in [0, 0.05) is 26.1 Å². The maximum absolute atomic E-state index is 14.1. The number of phosphoric acid groups is 1. The molecule has 506 valence electrons. The van der Waals surface area contributed by atoms with Crippen LogP contribution in [0.1, 0.15) is 305 Å². The summed E-state index contributed by atoms with van der Waals surface area (Å²) in [4.78, 5) is 71.6. The molecule has 0 aromatic rings. The van der Waals surface area contributed by atoms with E-state index in [1.807, 2.05) is 6.92 Å². The van der Waals surface area contributed by atoms with Crippen molar-refractivity contribution in [1.29, 1.82) is 0 Å². The summed E-state index contributed by atoms with van der Waals surface area (Å²) in [6, 6.07) is -2.56. The fourth-order valence-electron chi connectivity index (χ4n) is 11.7. The number of aliphatic hydroxyl groups excluding tert-OH is 1. The molecule has 2 amide bonds. The lowest BCUT2D eigenvalue weighted by molar-refractivity contribution is -0.297. The molecule has 0 aromatic carbocycles. The number of ether oxygens (including phenoxy) is 5. The fraction of sp³-hybridized carbons (Fsp3) is 0.924. The zero-order chi connectivity index (χ0) is 63.1. The van der Waals surface area contributed by atoms with Gasteiger partial charge in [-0.25, -0.2) is 4.57 Å². The summed E-state index contributed by atoms with van der Waals surface area (Å²) in [5, 5.41) is 18.0. The molecule has 0 aliphatic carbocycles. The maximum atomic E-state index is 14.1. The van der Waals surface area contributed by atoms with Gasteiger partial charge >= 0.3 is 16.1 Å². The third kappa shape index (κ3) is 38.9. The molecular weight excluding hydrogens is 1140 g/mol. The third-order valence-corrected chi connectivity index (χ3v) is 17.8. The van der Waals surface area contributed by atoms with E-state index in [0.717, 1.165) is 135 Å². The average molecular weight is 1270 g/mol. The Bertz CT molecular complexity index is 1800. The van der Waals surface area contributed by atoms with E-state index in [4.69, 9.17) is 32.7 Å². The van der Waals surface area contributed by atoms with E-state index < -0.39 is 96.3 Å². The molecule has 2 rings (SSSR count). The first kappa shape index (κ1) is 80.5. The van der Waals surface area contributed by atoms with E-state index >= 15 is 0 Å². The van der Waals surface area contributed by atoms with Crippen LogP contribution in [0.3, 0.4) is 0 Å². The number of nitrogens with one attached hydrogen (secondary N) is 2. The lowest BCUT2D eigenvalue weighted by Gasteiger charge is -2.47. The number of carbonyl (C=O) groups excluding carboxylic acids is 3. The zero-order valence-corrected chi connectivity index (χ0v) is 56.6. The number of hydrogen-bond donors (Lipinski definition) is 6. The van der Waals surface area contributed by atoms with Gasteiger partial charge in [-0.05, 0) is 63.7 Å². The Balaban J connectivity index is 2.37. The summed E-state index contributed by atoms with van der Waals surface area (Å²) >= 11 is 0. The molecule has 2 aliphatic heterocycles. The van der Waals surface area contributed by atoms with Crippen LogP contribution >= 0.6 is 16.1 Å². The summed E-state index contributed by atoms with van der Waals surface area (Å²) in [5.74, 6) is -1.02. The Hall–Kier alpha value is -1.63.